The molecular formula is C21H15Cl2N3O2S. The Labute approximate surface area is 180 Å². The lowest BCUT2D eigenvalue weighted by Gasteiger charge is -2.10. The molecule has 1 amide bonds. The predicted octanol–water partition coefficient (Wildman–Crippen LogP) is 2.81. The number of halogens is 2. The van der Waals surface area contributed by atoms with E-state index in [2.05, 4.69) is 0 Å². The van der Waals surface area contributed by atoms with Crippen molar-refractivity contribution >= 4 is 52.1 Å². The first-order valence-corrected chi connectivity index (χ1v) is 10.0. The number of hydrogen-bond acceptors (Lipinski definition) is 4. The average Bonchev–Trinajstić information content (AvgIpc) is 2.95. The lowest BCUT2D eigenvalue weighted by Crippen LogP contribution is -2.33. The van der Waals surface area contributed by atoms with Gasteiger partial charge >= 0.3 is 0 Å². The van der Waals surface area contributed by atoms with Crippen LogP contribution in [0.1, 0.15) is 16.7 Å². The van der Waals surface area contributed by atoms with Crippen LogP contribution in [0.15, 0.2) is 41.2 Å². The molecule has 0 aliphatic rings. The van der Waals surface area contributed by atoms with Crippen molar-refractivity contribution in [1.82, 2.24) is 4.57 Å². The number of carbonyl (C=O) groups is 1. The Bertz CT molecular complexity index is 1320. The van der Waals surface area contributed by atoms with Crippen LogP contribution in [0.3, 0.4) is 0 Å². The summed E-state index contributed by atoms with van der Waals surface area (Å²) in [6.45, 7) is 3.70. The van der Waals surface area contributed by atoms with Gasteiger partial charge in [-0.3, -0.25) is 14.2 Å². The minimum absolute atomic E-state index is 0.164. The van der Waals surface area contributed by atoms with Crippen LogP contribution >= 0.6 is 34.5 Å². The molecule has 0 bridgehead atoms. The maximum atomic E-state index is 13.3. The van der Waals surface area contributed by atoms with Crippen molar-refractivity contribution in [3.05, 3.63) is 82.7 Å². The molecule has 5 nitrogen and oxygen atoms in total. The van der Waals surface area contributed by atoms with Crippen LogP contribution in [-0.2, 0) is 4.79 Å². The van der Waals surface area contributed by atoms with Crippen molar-refractivity contribution < 1.29 is 4.79 Å². The average molecular weight is 444 g/mol. The van der Waals surface area contributed by atoms with Gasteiger partial charge in [-0.2, -0.15) is 5.26 Å². The number of para-hydroxylation sites is 1. The van der Waals surface area contributed by atoms with Crippen LogP contribution in [0.2, 0.25) is 10.0 Å². The van der Waals surface area contributed by atoms with E-state index in [9.17, 15) is 14.9 Å². The van der Waals surface area contributed by atoms with Gasteiger partial charge < -0.3 is 5.73 Å². The highest BCUT2D eigenvalue weighted by atomic mass is 35.5. The Morgan fingerprint density at radius 1 is 1.14 bits per heavy atom. The van der Waals surface area contributed by atoms with Crippen molar-refractivity contribution in [2.24, 2.45) is 5.73 Å². The third-order valence-electron chi connectivity index (χ3n) is 4.33. The Hall–Kier alpha value is -2.85. The zero-order valence-corrected chi connectivity index (χ0v) is 17.8. The highest BCUT2D eigenvalue weighted by molar-refractivity contribution is 7.07. The minimum atomic E-state index is -0.906. The number of carbonyl (C=O) groups excluding carboxylic acids is 1. The fourth-order valence-corrected chi connectivity index (χ4v) is 4.58. The molecule has 1 aromatic heterocycles. The van der Waals surface area contributed by atoms with Crippen LogP contribution in [0, 0.1) is 25.2 Å². The van der Waals surface area contributed by atoms with Crippen molar-refractivity contribution in [2.75, 3.05) is 0 Å². The summed E-state index contributed by atoms with van der Waals surface area (Å²) in [5, 5.41) is 10.2. The van der Waals surface area contributed by atoms with E-state index in [4.69, 9.17) is 28.9 Å². The molecule has 0 fully saturated rings. The van der Waals surface area contributed by atoms with Gasteiger partial charge in [0.2, 0.25) is 0 Å². The topological polar surface area (TPSA) is 88.9 Å². The summed E-state index contributed by atoms with van der Waals surface area (Å²) in [7, 11) is 0. The molecule has 1 heterocycles. The number of hydrogen-bond donors (Lipinski definition) is 1. The molecule has 0 aliphatic heterocycles. The van der Waals surface area contributed by atoms with Crippen molar-refractivity contribution in [1.29, 1.82) is 5.26 Å². The smallest absolute Gasteiger partial charge is 0.273 e. The highest BCUT2D eigenvalue weighted by Gasteiger charge is 2.17. The summed E-state index contributed by atoms with van der Waals surface area (Å²) in [6.07, 6.45) is 1.56. The first-order chi connectivity index (χ1) is 13.8. The number of benzene rings is 2. The lowest BCUT2D eigenvalue weighted by atomic mass is 10.1. The number of rotatable bonds is 3. The van der Waals surface area contributed by atoms with Gasteiger partial charge in [-0.25, -0.2) is 0 Å². The second-order valence-corrected chi connectivity index (χ2v) is 8.13. The summed E-state index contributed by atoms with van der Waals surface area (Å²) in [4.78, 5) is 25.2. The Kier molecular flexibility index (Phi) is 5.94. The maximum Gasteiger partial charge on any atom is 0.273 e. The quantitative estimate of drug-likeness (QED) is 0.674. The second-order valence-electron chi connectivity index (χ2n) is 6.28. The predicted molar refractivity (Wildman–Crippen MR) is 117 cm³/mol. The molecule has 3 aromatic rings. The van der Waals surface area contributed by atoms with Crippen LogP contribution in [0.5, 0.6) is 0 Å². The zero-order valence-electron chi connectivity index (χ0n) is 15.5. The molecule has 2 N–H and O–H groups in total. The van der Waals surface area contributed by atoms with Crippen LogP contribution < -0.4 is 20.5 Å². The third kappa shape index (κ3) is 3.85. The monoisotopic (exact) mass is 443 g/mol. The SMILES string of the molecule is Cc1cccc(C)c1-n1c(=O)/c(=C\c2c(Cl)cccc2Cl)s/c1=C(\C#N)C(N)=O. The number of aromatic nitrogens is 1. The van der Waals surface area contributed by atoms with Gasteiger partial charge in [0.25, 0.3) is 11.5 Å². The number of primary amides is 1. The maximum absolute atomic E-state index is 13.3. The highest BCUT2D eigenvalue weighted by Crippen LogP contribution is 2.24. The van der Waals surface area contributed by atoms with Gasteiger partial charge in [0, 0.05) is 15.6 Å². The number of nitrogens with zero attached hydrogens (tertiary/aromatic N) is 2. The summed E-state index contributed by atoms with van der Waals surface area (Å²) in [5.74, 6) is -0.906. The molecule has 146 valence electrons. The van der Waals surface area contributed by atoms with Crippen molar-refractivity contribution in [3.8, 4) is 11.8 Å². The molecule has 3 rings (SSSR count). The Morgan fingerprint density at radius 3 is 2.21 bits per heavy atom. The summed E-state index contributed by atoms with van der Waals surface area (Å²) in [6, 6.07) is 12.4. The number of thiazole rings is 1. The summed E-state index contributed by atoms with van der Waals surface area (Å²) < 4.78 is 1.79. The number of amides is 1. The van der Waals surface area contributed by atoms with E-state index in [1.165, 1.54) is 4.57 Å². The summed E-state index contributed by atoms with van der Waals surface area (Å²) >= 11 is 13.5. The number of nitriles is 1. The van der Waals surface area contributed by atoms with Gasteiger partial charge in [0.1, 0.15) is 10.7 Å². The minimum Gasteiger partial charge on any atom is -0.365 e. The molecular weight excluding hydrogens is 429 g/mol. The van der Waals surface area contributed by atoms with E-state index < -0.39 is 11.5 Å². The Balaban J connectivity index is 2.54. The van der Waals surface area contributed by atoms with E-state index in [1.54, 1.807) is 24.3 Å². The molecule has 0 saturated carbocycles. The largest absolute Gasteiger partial charge is 0.365 e. The van der Waals surface area contributed by atoms with Gasteiger partial charge in [-0.05, 0) is 43.2 Å². The molecule has 0 saturated heterocycles. The van der Waals surface area contributed by atoms with E-state index in [0.29, 0.717) is 21.3 Å². The van der Waals surface area contributed by atoms with Gasteiger partial charge in [-0.1, -0.05) is 47.5 Å². The first kappa shape index (κ1) is 20.9. The van der Waals surface area contributed by atoms with E-state index in [0.717, 1.165) is 22.5 Å². The van der Waals surface area contributed by atoms with Crippen LogP contribution in [0.25, 0.3) is 17.3 Å². The molecule has 0 radical (unpaired) electrons. The molecule has 0 atom stereocenters. The molecule has 8 heteroatoms. The third-order valence-corrected chi connectivity index (χ3v) is 6.09. The standard InChI is InChI=1S/C21H15Cl2N3O2S/c1-11-5-3-6-12(2)18(11)26-20(28)17(29-21(26)14(10-24)19(25)27)9-13-15(22)7-4-8-16(13)23/h3-9H,1-2H3,(H2,25,27)/b17-9+,21-14+. The zero-order chi connectivity index (χ0) is 21.3. The van der Waals surface area contributed by atoms with Crippen molar-refractivity contribution in [2.45, 2.75) is 13.8 Å². The van der Waals surface area contributed by atoms with E-state index in [-0.39, 0.29) is 14.8 Å². The van der Waals surface area contributed by atoms with E-state index in [1.807, 2.05) is 38.1 Å². The first-order valence-electron chi connectivity index (χ1n) is 8.44. The second kappa shape index (κ2) is 8.26. The fraction of sp³-hybridized carbons (Fsp3) is 0.0952. The van der Waals surface area contributed by atoms with Gasteiger partial charge in [0.15, 0.2) is 5.57 Å². The van der Waals surface area contributed by atoms with Crippen molar-refractivity contribution in [3.63, 3.8) is 0 Å². The van der Waals surface area contributed by atoms with Gasteiger partial charge in [0.05, 0.1) is 10.2 Å². The van der Waals surface area contributed by atoms with Crippen LogP contribution in [-0.4, -0.2) is 10.5 Å². The fourth-order valence-electron chi connectivity index (χ4n) is 3.00. The van der Waals surface area contributed by atoms with Gasteiger partial charge in [-0.15, -0.1) is 11.3 Å². The van der Waals surface area contributed by atoms with E-state index >= 15 is 0 Å². The normalized spacial score (nSPS) is 12.6. The molecule has 0 aliphatic carbocycles. The molecule has 0 spiro atoms. The molecule has 2 aromatic carbocycles. The van der Waals surface area contributed by atoms with Crippen LogP contribution in [0.4, 0.5) is 0 Å². The molecule has 0 unspecified atom stereocenters. The lowest BCUT2D eigenvalue weighted by molar-refractivity contribution is -0.112. The summed E-state index contributed by atoms with van der Waals surface area (Å²) in [5.41, 5.74) is 7.42. The number of aryl methyl sites for hydroxylation is 2. The number of nitrogens with two attached hydrogens (primary N) is 1. The Morgan fingerprint density at radius 2 is 1.69 bits per heavy atom. The molecule has 29 heavy (non-hydrogen) atoms.